The van der Waals surface area contributed by atoms with Crippen molar-refractivity contribution in [2.45, 2.75) is 36.2 Å². The van der Waals surface area contributed by atoms with Gasteiger partial charge in [0.05, 0.1) is 66.0 Å². The number of rotatable bonds is 10. The minimum absolute atomic E-state index is 0.0145. The second-order valence-electron chi connectivity index (χ2n) is 38.3. The minimum atomic E-state index is -0.0145. The van der Waals surface area contributed by atoms with Gasteiger partial charge >= 0.3 is 178 Å². The molecule has 19 aromatic carbocycles. The zero-order chi connectivity index (χ0) is 97.5. The van der Waals surface area contributed by atoms with E-state index in [1.54, 1.807) is 11.8 Å². The van der Waals surface area contributed by atoms with Crippen LogP contribution in [0.3, 0.4) is 0 Å². The van der Waals surface area contributed by atoms with Crippen LogP contribution in [0.2, 0.25) is 0 Å². The van der Waals surface area contributed by atoms with Crippen molar-refractivity contribution in [1.82, 2.24) is 38.3 Å². The summed E-state index contributed by atoms with van der Waals surface area (Å²) in [6, 6.07) is 158. The number of nitrogens with one attached hydrogen (secondary N) is 1. The van der Waals surface area contributed by atoms with E-state index >= 15 is 0 Å². The number of nitrogens with zero attached hydrogens (tertiary/aromatic N) is 8. The van der Waals surface area contributed by atoms with Gasteiger partial charge in [-0.25, -0.2) is 0 Å². The van der Waals surface area contributed by atoms with Gasteiger partial charge in [-0.05, 0) is 186 Å². The Morgan fingerprint density at radius 1 is 0.340 bits per heavy atom. The molecule has 1 N–H and O–H groups in total. The third-order valence-corrected chi connectivity index (χ3v) is 36.0. The number of para-hydroxylation sites is 7. The Bertz CT molecular complexity index is 10300. The Labute approximate surface area is 870 Å². The predicted molar refractivity (Wildman–Crippen MR) is 629 cm³/mol. The van der Waals surface area contributed by atoms with Crippen LogP contribution in [0.1, 0.15) is 30.5 Å². The standard InChI is InChI=1S/C29H23NS.C28H21N5.C26H15NSSe.C26H17NS.C24H15NS/c1-4-31-27-15-9-12-23-22-11-6-8-14-26(22)30(28(23)27)19-16-17-21-20-10-5-7-13-24(20)29(2,3)25(21)18-19;1-3-9-20(10-4-1)27-30-31-28(32(27)21-11-5-2-6-12-21)33-24-14-8-7-13-22(24)23-16-15-19-17-18-29-25(19)26(23)33;1-3-9-21-17(6-1)19-13-12-16-14-15-28-25(16)24(19)27(21)22-10-5-8-20-18-7-2-4-11-23(18)29-26(20)22;1-2-7-18(8-3-1)20-9-6-10-21(17-20)27-24-12-5-4-11-22(24)23-14-13-19-15-16-28-26(19)25(23)27;1-2-6-18-15-19(11-9-16(18)5-1)25-22-8-4-3-7-20(22)21-12-10-17-13-14-26-24(17)23(21)25/h4-18H,1H2,2-3H3;1-18,25-26,29H;1-15H;1-17H;1-15H. The number of hydrogen-bond acceptors (Lipinski definition) is 8. The summed E-state index contributed by atoms with van der Waals surface area (Å²) in [5.74, 6) is 1.65. The smallest absolute Gasteiger partial charge is 0.0719 e. The molecule has 9 aromatic heterocycles. The van der Waals surface area contributed by atoms with Crippen LogP contribution in [-0.4, -0.2) is 59.6 Å². The van der Waals surface area contributed by atoms with Gasteiger partial charge in [-0.15, -0.1) is 32.9 Å². The van der Waals surface area contributed by atoms with Crippen molar-refractivity contribution in [3.8, 4) is 62.1 Å². The molecule has 0 radical (unpaired) electrons. The number of fused-ring (bicyclic) bond motifs is 30. The Kier molecular flexibility index (Phi) is 21.6. The predicted octanol–water partition coefficient (Wildman–Crippen LogP) is 35.8. The molecule has 2 aliphatic heterocycles. The number of thiophene rings is 3. The molecule has 0 fully saturated rings. The maximum absolute atomic E-state index is 4.80. The molecule has 0 bridgehead atoms. The molecule has 14 heteroatoms. The van der Waals surface area contributed by atoms with E-state index < -0.39 is 0 Å². The summed E-state index contributed by atoms with van der Waals surface area (Å²) in [6.07, 6.45) is 8.70. The van der Waals surface area contributed by atoms with E-state index in [4.69, 9.17) is 10.2 Å². The number of thioether (sulfide) groups is 1. The Morgan fingerprint density at radius 3 is 1.46 bits per heavy atom. The Hall–Kier alpha value is -16.9. The van der Waals surface area contributed by atoms with Gasteiger partial charge in [0.15, 0.2) is 5.82 Å². The molecule has 0 saturated heterocycles. The van der Waals surface area contributed by atoms with Gasteiger partial charge in [0.1, 0.15) is 0 Å². The van der Waals surface area contributed by atoms with Crippen LogP contribution in [0.25, 0.3) is 215 Å². The summed E-state index contributed by atoms with van der Waals surface area (Å²) >= 11 is 7.50. The van der Waals surface area contributed by atoms with Crippen LogP contribution in [0.4, 0.5) is 11.6 Å². The summed E-state index contributed by atoms with van der Waals surface area (Å²) in [4.78, 5) is 3.58. The van der Waals surface area contributed by atoms with Crippen LogP contribution in [0, 0.1) is 0 Å². The Morgan fingerprint density at radius 2 is 0.810 bits per heavy atom. The van der Waals surface area contributed by atoms with Crippen molar-refractivity contribution in [2.24, 2.45) is 0 Å². The second-order valence-corrected chi connectivity index (χ2v) is 44.3. The molecule has 4 aliphatic rings. The third-order valence-electron chi connectivity index (χ3n) is 29.9. The molecule has 0 amide bonds. The van der Waals surface area contributed by atoms with Crippen molar-refractivity contribution in [2.75, 3.05) is 4.90 Å². The first kappa shape index (κ1) is 87.8. The van der Waals surface area contributed by atoms with Gasteiger partial charge < -0.3 is 19.0 Å². The first-order chi connectivity index (χ1) is 72.7. The fourth-order valence-electron chi connectivity index (χ4n) is 23.4. The fourth-order valence-corrected chi connectivity index (χ4v) is 29.4. The molecule has 147 heavy (non-hydrogen) atoms. The quantitative estimate of drug-likeness (QED) is 0.109. The second kappa shape index (κ2) is 36.1. The summed E-state index contributed by atoms with van der Waals surface area (Å²) in [7, 11) is 0. The zero-order valence-electron chi connectivity index (χ0n) is 80.2. The third kappa shape index (κ3) is 14.5. The van der Waals surface area contributed by atoms with E-state index in [9.17, 15) is 0 Å². The molecule has 28 aromatic rings. The van der Waals surface area contributed by atoms with Crippen LogP contribution in [-0.2, 0) is 5.41 Å². The van der Waals surface area contributed by atoms with Crippen molar-refractivity contribution in [3.63, 3.8) is 0 Å². The van der Waals surface area contributed by atoms with Crippen LogP contribution in [0.15, 0.2) is 500 Å². The van der Waals surface area contributed by atoms with Gasteiger partial charge in [-0.2, -0.15) is 0 Å². The number of hydrogen-bond donors (Lipinski definition) is 1. The molecule has 0 spiro atoms. The first-order valence-electron chi connectivity index (χ1n) is 49.8. The van der Waals surface area contributed by atoms with Gasteiger partial charge in [-0.3, -0.25) is 9.47 Å². The number of allylic oxidation sites excluding steroid dienone is 2. The van der Waals surface area contributed by atoms with Gasteiger partial charge in [0, 0.05) is 70.8 Å². The van der Waals surface area contributed by atoms with E-state index in [-0.39, 0.29) is 17.5 Å². The fraction of sp³-hybridized carbons (Fsp3) is 0.0376. The SMILES string of the molecule is C1=CC2=CC=C3c4ccccc4N(c4nnc(-c5ccccc5)n4-c4ccccc4)C3C2N1.C=CSc1cccc2c3ccccc3n(-c3ccc4c(c3)C(C)(C)c3ccccc3-4)c12.c1ccc(-c2cccc(-n3c4ccccc4c4ccc5ccsc5c43)c2)cc1.c1ccc2c(c1)[se]c1c(-n3c4ccccc4c4ccc5ccsc5c43)cccc12.c1ccc2cc(-n3c4ccccc4c4ccc5ccsc5c43)ccc2c1. The van der Waals surface area contributed by atoms with Gasteiger partial charge in [0.2, 0.25) is 5.95 Å². The average molecular weight is 2020 g/mol. The van der Waals surface area contributed by atoms with Crippen molar-refractivity contribution >= 4 is 225 Å². The molecule has 2 aliphatic carbocycles. The number of benzene rings is 19. The average Bonchev–Trinajstić information content (AvgIpc) is 1.54. The molecule has 9 nitrogen and oxygen atoms in total. The summed E-state index contributed by atoms with van der Waals surface area (Å²) in [5, 5.41) is 41.4. The zero-order valence-corrected chi connectivity index (χ0v) is 85.1. The summed E-state index contributed by atoms with van der Waals surface area (Å²) < 4.78 is 19.0. The van der Waals surface area contributed by atoms with E-state index in [1.807, 2.05) is 69.9 Å². The molecule has 0 saturated carbocycles. The molecular formula is C133H91N9S4Se. The maximum Gasteiger partial charge on any atom is 0.0719 e. The molecule has 2 atom stereocenters. The molecule has 2 unspecified atom stereocenters. The normalized spacial score (nSPS) is 14.1. The van der Waals surface area contributed by atoms with E-state index in [0.717, 1.165) is 28.7 Å². The van der Waals surface area contributed by atoms with E-state index in [0.29, 0.717) is 14.5 Å². The summed E-state index contributed by atoms with van der Waals surface area (Å²) in [5.41, 5.74) is 30.3. The van der Waals surface area contributed by atoms with Gasteiger partial charge in [-0.1, -0.05) is 305 Å². The maximum atomic E-state index is 4.80. The number of anilines is 2. The molecule has 698 valence electrons. The first-order valence-corrected chi connectivity index (χ1v) is 55.0. The van der Waals surface area contributed by atoms with Gasteiger partial charge in [0.25, 0.3) is 0 Å². The van der Waals surface area contributed by atoms with Crippen molar-refractivity contribution < 1.29 is 0 Å². The number of aromatic nitrogens is 7. The topological polar surface area (TPSA) is 65.7 Å². The van der Waals surface area contributed by atoms with Crippen molar-refractivity contribution in [3.05, 3.63) is 512 Å². The van der Waals surface area contributed by atoms with Crippen LogP contribution in [0.5, 0.6) is 0 Å². The molecule has 32 rings (SSSR count). The summed E-state index contributed by atoms with van der Waals surface area (Å²) in [6.45, 7) is 8.64. The Balaban J connectivity index is 0.0000000890. The minimum Gasteiger partial charge on any atom is -0.308 e. The monoisotopic (exact) mass is 2020 g/mol. The van der Waals surface area contributed by atoms with Crippen LogP contribution >= 0.6 is 45.8 Å². The molecule has 11 heterocycles. The largest absolute Gasteiger partial charge is 0.308 e. The molecular weight excluding hydrogens is 1930 g/mol. The van der Waals surface area contributed by atoms with Crippen molar-refractivity contribution in [1.29, 1.82) is 0 Å². The van der Waals surface area contributed by atoms with E-state index in [1.165, 1.54) is 225 Å². The van der Waals surface area contributed by atoms with E-state index in [2.05, 4.69) is 500 Å². The van der Waals surface area contributed by atoms with Crippen LogP contribution < -0.4 is 10.2 Å².